The van der Waals surface area contributed by atoms with Gasteiger partial charge in [-0.2, -0.15) is 0 Å². The summed E-state index contributed by atoms with van der Waals surface area (Å²) in [5, 5.41) is 5.48. The van der Waals surface area contributed by atoms with E-state index < -0.39 is 0 Å². The number of aromatic nitrogens is 1. The van der Waals surface area contributed by atoms with Gasteiger partial charge in [0.2, 0.25) is 0 Å². The molecule has 2 rings (SSSR count). The molecular weight excluding hydrogens is 216 g/mol. The van der Waals surface area contributed by atoms with Crippen molar-refractivity contribution in [2.45, 2.75) is 26.9 Å². The van der Waals surface area contributed by atoms with E-state index in [1.807, 2.05) is 5.51 Å². The van der Waals surface area contributed by atoms with Crippen LogP contribution in [0.2, 0.25) is 0 Å². The number of hydrogen-bond acceptors (Lipinski definition) is 3. The minimum absolute atomic E-state index is 0.844. The van der Waals surface area contributed by atoms with E-state index in [4.69, 9.17) is 0 Å². The van der Waals surface area contributed by atoms with Crippen LogP contribution in [0.15, 0.2) is 29.1 Å². The zero-order chi connectivity index (χ0) is 11.4. The highest BCUT2D eigenvalue weighted by molar-refractivity contribution is 7.07. The Morgan fingerprint density at radius 2 is 1.88 bits per heavy atom. The van der Waals surface area contributed by atoms with Gasteiger partial charge in [0.15, 0.2) is 0 Å². The normalized spacial score (nSPS) is 10.6. The predicted octanol–water partition coefficient (Wildman–Crippen LogP) is 3.05. The van der Waals surface area contributed by atoms with Crippen LogP contribution in [0.3, 0.4) is 0 Å². The highest BCUT2D eigenvalue weighted by Crippen LogP contribution is 2.09. The van der Waals surface area contributed by atoms with Gasteiger partial charge >= 0.3 is 0 Å². The van der Waals surface area contributed by atoms with Crippen LogP contribution in [0.25, 0.3) is 0 Å². The van der Waals surface area contributed by atoms with E-state index in [9.17, 15) is 0 Å². The summed E-state index contributed by atoms with van der Waals surface area (Å²) in [4.78, 5) is 4.24. The molecule has 0 aliphatic carbocycles. The molecule has 0 aliphatic heterocycles. The molecule has 0 spiro atoms. The lowest BCUT2D eigenvalue weighted by molar-refractivity contribution is 0.682. The smallest absolute Gasteiger partial charge is 0.0795 e. The predicted molar refractivity (Wildman–Crippen MR) is 68.6 cm³/mol. The fraction of sp³-hybridized carbons (Fsp3) is 0.308. The van der Waals surface area contributed by atoms with Gasteiger partial charge in [-0.25, -0.2) is 4.98 Å². The molecule has 84 valence electrons. The van der Waals surface area contributed by atoms with Gasteiger partial charge in [0.25, 0.3) is 0 Å². The topological polar surface area (TPSA) is 24.9 Å². The van der Waals surface area contributed by atoms with Crippen LogP contribution in [0.1, 0.15) is 22.4 Å². The van der Waals surface area contributed by atoms with Crippen LogP contribution in [0, 0.1) is 13.8 Å². The van der Waals surface area contributed by atoms with Gasteiger partial charge in [0.1, 0.15) is 0 Å². The maximum Gasteiger partial charge on any atom is 0.0795 e. The molecule has 0 saturated heterocycles. The van der Waals surface area contributed by atoms with E-state index in [1.165, 1.54) is 16.7 Å². The first-order valence-electron chi connectivity index (χ1n) is 5.39. The molecule has 0 fully saturated rings. The molecule has 1 heterocycles. The Labute approximate surface area is 100 Å². The van der Waals surface area contributed by atoms with E-state index in [2.05, 4.69) is 47.7 Å². The van der Waals surface area contributed by atoms with Crippen molar-refractivity contribution in [1.29, 1.82) is 0 Å². The Morgan fingerprint density at radius 1 is 1.12 bits per heavy atom. The molecule has 2 nitrogen and oxygen atoms in total. The van der Waals surface area contributed by atoms with Crippen molar-refractivity contribution in [3.63, 3.8) is 0 Å². The van der Waals surface area contributed by atoms with Crippen LogP contribution in [-0.4, -0.2) is 4.98 Å². The summed E-state index contributed by atoms with van der Waals surface area (Å²) in [6.07, 6.45) is 0. The largest absolute Gasteiger partial charge is 0.307 e. The second-order valence-electron chi connectivity index (χ2n) is 4.08. The van der Waals surface area contributed by atoms with E-state index in [0.29, 0.717) is 0 Å². The third kappa shape index (κ3) is 3.15. The number of nitrogens with one attached hydrogen (secondary N) is 1. The summed E-state index contributed by atoms with van der Waals surface area (Å²) in [6.45, 7) is 6.02. The van der Waals surface area contributed by atoms with E-state index >= 15 is 0 Å². The maximum absolute atomic E-state index is 4.24. The first kappa shape index (κ1) is 11.3. The molecule has 1 aromatic heterocycles. The van der Waals surface area contributed by atoms with Gasteiger partial charge in [-0.05, 0) is 19.4 Å². The molecule has 0 amide bonds. The number of rotatable bonds is 4. The molecule has 0 bridgehead atoms. The fourth-order valence-electron chi connectivity index (χ4n) is 1.83. The lowest BCUT2D eigenvalue weighted by Gasteiger charge is -2.06. The van der Waals surface area contributed by atoms with Gasteiger partial charge in [-0.3, -0.25) is 0 Å². The Hall–Kier alpha value is -1.19. The Bertz CT molecular complexity index is 429. The quantitative estimate of drug-likeness (QED) is 0.876. The van der Waals surface area contributed by atoms with Crippen LogP contribution < -0.4 is 5.32 Å². The van der Waals surface area contributed by atoms with Gasteiger partial charge < -0.3 is 5.32 Å². The highest BCUT2D eigenvalue weighted by atomic mass is 32.1. The summed E-state index contributed by atoms with van der Waals surface area (Å²) >= 11 is 1.64. The minimum Gasteiger partial charge on any atom is -0.307 e. The number of nitrogens with zero attached hydrogens (tertiary/aromatic N) is 1. The number of benzene rings is 1. The summed E-state index contributed by atoms with van der Waals surface area (Å²) in [6, 6.07) is 6.64. The highest BCUT2D eigenvalue weighted by Gasteiger charge is 1.97. The lowest BCUT2D eigenvalue weighted by atomic mass is 10.1. The van der Waals surface area contributed by atoms with Crippen molar-refractivity contribution in [2.75, 3.05) is 0 Å². The van der Waals surface area contributed by atoms with Crippen molar-refractivity contribution in [3.05, 3.63) is 51.5 Å². The molecular formula is C13H16N2S. The summed E-state index contributed by atoms with van der Waals surface area (Å²) in [5.41, 5.74) is 6.98. The molecule has 2 aromatic rings. The molecule has 1 N–H and O–H groups in total. The molecule has 0 saturated carbocycles. The van der Waals surface area contributed by atoms with Crippen molar-refractivity contribution >= 4 is 11.3 Å². The number of aryl methyl sites for hydroxylation is 2. The van der Waals surface area contributed by atoms with Gasteiger partial charge in [0.05, 0.1) is 11.2 Å². The third-order valence-electron chi connectivity index (χ3n) is 2.40. The van der Waals surface area contributed by atoms with Crippen LogP contribution in [0.5, 0.6) is 0 Å². The molecule has 0 aliphatic rings. The van der Waals surface area contributed by atoms with Crippen LogP contribution >= 0.6 is 11.3 Å². The minimum atomic E-state index is 0.844. The first-order chi connectivity index (χ1) is 7.74. The lowest BCUT2D eigenvalue weighted by Crippen LogP contribution is -2.13. The first-order valence-corrected chi connectivity index (χ1v) is 6.33. The van der Waals surface area contributed by atoms with Gasteiger partial charge in [-0.1, -0.05) is 29.3 Å². The SMILES string of the molecule is Cc1cc(C)cc(CNCc2cscn2)c1. The van der Waals surface area contributed by atoms with Crippen molar-refractivity contribution in [3.8, 4) is 0 Å². The Morgan fingerprint density at radius 3 is 2.50 bits per heavy atom. The summed E-state index contributed by atoms with van der Waals surface area (Å²) in [7, 11) is 0. The van der Waals surface area contributed by atoms with Gasteiger partial charge in [-0.15, -0.1) is 11.3 Å². The zero-order valence-corrected chi connectivity index (χ0v) is 10.5. The molecule has 1 aromatic carbocycles. The molecule has 16 heavy (non-hydrogen) atoms. The van der Waals surface area contributed by atoms with Crippen molar-refractivity contribution in [2.24, 2.45) is 0 Å². The Kier molecular flexibility index (Phi) is 3.70. The Balaban J connectivity index is 1.89. The second-order valence-corrected chi connectivity index (χ2v) is 4.80. The second kappa shape index (κ2) is 5.23. The molecule has 0 radical (unpaired) electrons. The molecule has 0 unspecified atom stereocenters. The fourth-order valence-corrected chi connectivity index (χ4v) is 2.39. The van der Waals surface area contributed by atoms with E-state index in [-0.39, 0.29) is 0 Å². The molecule has 0 atom stereocenters. The average molecular weight is 232 g/mol. The van der Waals surface area contributed by atoms with Crippen molar-refractivity contribution in [1.82, 2.24) is 10.3 Å². The van der Waals surface area contributed by atoms with Crippen molar-refractivity contribution < 1.29 is 0 Å². The number of hydrogen-bond donors (Lipinski definition) is 1. The van der Waals surface area contributed by atoms with Crippen LogP contribution in [-0.2, 0) is 13.1 Å². The zero-order valence-electron chi connectivity index (χ0n) is 9.66. The summed E-state index contributed by atoms with van der Waals surface area (Å²) in [5.74, 6) is 0. The number of thiazole rings is 1. The monoisotopic (exact) mass is 232 g/mol. The third-order valence-corrected chi connectivity index (χ3v) is 3.04. The maximum atomic E-state index is 4.24. The van der Waals surface area contributed by atoms with Gasteiger partial charge in [0, 0.05) is 18.5 Å². The molecule has 3 heteroatoms. The van der Waals surface area contributed by atoms with E-state index in [0.717, 1.165) is 18.8 Å². The summed E-state index contributed by atoms with van der Waals surface area (Å²) < 4.78 is 0. The average Bonchev–Trinajstić information content (AvgIpc) is 2.69. The van der Waals surface area contributed by atoms with E-state index in [1.54, 1.807) is 11.3 Å². The standard InChI is InChI=1S/C13H16N2S/c1-10-3-11(2)5-12(4-10)6-14-7-13-8-16-9-15-13/h3-5,8-9,14H,6-7H2,1-2H3. The van der Waals surface area contributed by atoms with Crippen LogP contribution in [0.4, 0.5) is 0 Å².